The molecule has 0 saturated carbocycles. The summed E-state index contributed by atoms with van der Waals surface area (Å²) in [6.45, 7) is 2.80. The van der Waals surface area contributed by atoms with Crippen LogP contribution in [0.15, 0.2) is 89.1 Å². The van der Waals surface area contributed by atoms with E-state index in [2.05, 4.69) is 50.3 Å². The van der Waals surface area contributed by atoms with Crippen LogP contribution in [0, 0.1) is 0 Å². The Morgan fingerprint density at radius 3 is 1.72 bits per heavy atom. The molecule has 0 aliphatic carbocycles. The Labute approximate surface area is 267 Å². The van der Waals surface area contributed by atoms with E-state index in [0.29, 0.717) is 40.8 Å². The average molecular weight is 617 g/mol. The lowest BCUT2D eigenvalue weighted by Crippen LogP contribution is -2.00. The van der Waals surface area contributed by atoms with Crippen molar-refractivity contribution in [2.75, 3.05) is 6.61 Å². The summed E-state index contributed by atoms with van der Waals surface area (Å²) < 4.78 is 6.65. The molecule has 5 heterocycles. The largest absolute Gasteiger partial charge is 0.492 e. The zero-order valence-electron chi connectivity index (χ0n) is 25.5. The fraction of sp³-hybridized carbons (Fsp3) is 0.167. The van der Waals surface area contributed by atoms with Crippen LogP contribution in [0.25, 0.3) is 77.7 Å². The van der Waals surface area contributed by atoms with E-state index < -0.39 is 0 Å². The van der Waals surface area contributed by atoms with Crippen LogP contribution in [-0.2, 0) is 0 Å². The minimum atomic E-state index is 0.194. The maximum atomic E-state index is 6.65. The van der Waals surface area contributed by atoms with E-state index in [1.807, 2.05) is 60.7 Å². The van der Waals surface area contributed by atoms with E-state index in [0.717, 1.165) is 68.5 Å². The number of azo groups is 1. The maximum Gasteiger partial charge on any atom is 0.274 e. The molecule has 47 heavy (non-hydrogen) atoms. The van der Waals surface area contributed by atoms with Crippen molar-refractivity contribution in [2.24, 2.45) is 10.2 Å². The molecule has 0 spiro atoms. The normalized spacial score (nSPS) is 12.3. The van der Waals surface area contributed by atoms with Crippen molar-refractivity contribution in [1.29, 1.82) is 0 Å². The smallest absolute Gasteiger partial charge is 0.274 e. The van der Waals surface area contributed by atoms with E-state index in [-0.39, 0.29) is 11.9 Å². The summed E-state index contributed by atoms with van der Waals surface area (Å²) in [6, 6.07) is 26.2. The van der Waals surface area contributed by atoms with Gasteiger partial charge >= 0.3 is 0 Å². The zero-order chi connectivity index (χ0) is 31.3. The number of hydrogen-bond acceptors (Lipinski definition) is 9. The first-order valence-electron chi connectivity index (χ1n) is 15.8. The van der Waals surface area contributed by atoms with Crippen LogP contribution in [0.5, 0.6) is 5.75 Å². The van der Waals surface area contributed by atoms with Crippen LogP contribution < -0.4 is 4.74 Å². The van der Waals surface area contributed by atoms with Crippen LogP contribution in [0.2, 0.25) is 0 Å². The van der Waals surface area contributed by atoms with Gasteiger partial charge in [0, 0.05) is 32.5 Å². The van der Waals surface area contributed by atoms with Gasteiger partial charge in [-0.1, -0.05) is 99.0 Å². The van der Waals surface area contributed by atoms with Crippen LogP contribution in [0.3, 0.4) is 0 Å². The van der Waals surface area contributed by atoms with E-state index in [4.69, 9.17) is 29.7 Å². The SMILES string of the molecule is CCCCCCOc1c2c(cc3ccccc13)-c1nc-2nc2[nH]c(nc3nc(nc4[nH]c(n1)c1ccccc41)N=N3)c1ccccc21. The number of aromatic amines is 2. The van der Waals surface area contributed by atoms with Gasteiger partial charge in [-0.15, -0.1) is 10.2 Å². The molecular weight excluding hydrogens is 588 g/mol. The maximum absolute atomic E-state index is 6.65. The minimum absolute atomic E-state index is 0.194. The highest BCUT2D eigenvalue weighted by Crippen LogP contribution is 2.45. The Bertz CT molecular complexity index is 2570. The van der Waals surface area contributed by atoms with Crippen molar-refractivity contribution in [1.82, 2.24) is 39.9 Å². The zero-order valence-corrected chi connectivity index (χ0v) is 25.5. The summed E-state index contributed by atoms with van der Waals surface area (Å²) in [5, 5.41) is 13.9. The first-order valence-corrected chi connectivity index (χ1v) is 15.8. The number of hydrogen-bond donors (Lipinski definition) is 2. The van der Waals surface area contributed by atoms with Crippen molar-refractivity contribution >= 4 is 66.8 Å². The molecule has 2 N–H and O–H groups in total. The molecule has 228 valence electrons. The molecular formula is C36H28N10O. The van der Waals surface area contributed by atoms with Gasteiger partial charge in [-0.2, -0.15) is 15.0 Å². The highest BCUT2D eigenvalue weighted by Gasteiger charge is 2.27. The lowest BCUT2D eigenvalue weighted by atomic mass is 9.99. The molecule has 9 rings (SSSR count). The molecule has 0 saturated heterocycles. The Morgan fingerprint density at radius 2 is 1.11 bits per heavy atom. The van der Waals surface area contributed by atoms with Crippen LogP contribution in [0.4, 0.5) is 11.9 Å². The van der Waals surface area contributed by atoms with Crippen molar-refractivity contribution in [3.05, 3.63) is 78.9 Å². The third-order valence-electron chi connectivity index (χ3n) is 8.56. The number of ether oxygens (including phenoxy) is 1. The predicted octanol–water partition coefficient (Wildman–Crippen LogP) is 9.06. The van der Waals surface area contributed by atoms with Crippen molar-refractivity contribution in [2.45, 2.75) is 32.6 Å². The topological polar surface area (TPSA) is 143 Å². The van der Waals surface area contributed by atoms with Gasteiger partial charge < -0.3 is 14.7 Å². The van der Waals surface area contributed by atoms with E-state index in [1.54, 1.807) is 0 Å². The second kappa shape index (κ2) is 11.1. The fourth-order valence-corrected chi connectivity index (χ4v) is 6.32. The molecule has 8 bridgehead atoms. The lowest BCUT2D eigenvalue weighted by Gasteiger charge is -2.14. The molecule has 0 atom stereocenters. The standard InChI is InChI=1S/C36H28N10O/c1-2-3-4-11-18-47-28-21-13-6-5-12-20(21)19-26-27(28)34-40-30-23-15-8-10-17-25(23)32(38-30)43-36-44-35(45-46-36)42-31-24-16-9-7-14-22(24)29(37-31)39-33(26)41-34/h5-10,12-17,19H,2-4,11,18H2,1H3,(H2,37,38,39,40,41,42,43,44,45,46). The van der Waals surface area contributed by atoms with Crippen molar-refractivity contribution in [3.63, 3.8) is 0 Å². The Morgan fingerprint density at radius 1 is 0.553 bits per heavy atom. The summed E-state index contributed by atoms with van der Waals surface area (Å²) in [4.78, 5) is 36.1. The first kappa shape index (κ1) is 27.2. The quantitative estimate of drug-likeness (QED) is 0.177. The summed E-state index contributed by atoms with van der Waals surface area (Å²) in [7, 11) is 0. The number of unbranched alkanes of at least 4 members (excludes halogenated alkanes) is 3. The minimum Gasteiger partial charge on any atom is -0.492 e. The molecule has 2 aliphatic rings. The van der Waals surface area contributed by atoms with E-state index >= 15 is 0 Å². The monoisotopic (exact) mass is 616 g/mol. The molecule has 4 aromatic carbocycles. The number of nitrogens with zero attached hydrogens (tertiary/aromatic N) is 8. The van der Waals surface area contributed by atoms with Gasteiger partial charge in [-0.05, 0) is 17.9 Å². The molecule has 0 radical (unpaired) electrons. The predicted molar refractivity (Wildman–Crippen MR) is 183 cm³/mol. The second-order valence-electron chi connectivity index (χ2n) is 11.6. The Hall–Kier alpha value is -6.10. The molecule has 0 amide bonds. The Balaban J connectivity index is 1.40. The number of rotatable bonds is 6. The average Bonchev–Trinajstić information content (AvgIpc) is 3.86. The number of benzene rings is 4. The van der Waals surface area contributed by atoms with Crippen LogP contribution >= 0.6 is 0 Å². The summed E-state index contributed by atoms with van der Waals surface area (Å²) in [5.41, 5.74) is 4.02. The van der Waals surface area contributed by atoms with E-state index in [1.165, 1.54) is 6.42 Å². The van der Waals surface area contributed by atoms with Crippen LogP contribution in [-0.4, -0.2) is 46.5 Å². The molecule has 7 aromatic rings. The molecule has 11 heteroatoms. The van der Waals surface area contributed by atoms with Gasteiger partial charge in [0.15, 0.2) is 11.6 Å². The molecule has 0 fully saturated rings. The van der Waals surface area contributed by atoms with Gasteiger partial charge in [0.05, 0.1) is 12.2 Å². The molecule has 3 aromatic heterocycles. The number of nitrogens with one attached hydrogen (secondary N) is 2. The van der Waals surface area contributed by atoms with Crippen molar-refractivity contribution in [3.8, 4) is 28.5 Å². The van der Waals surface area contributed by atoms with E-state index in [9.17, 15) is 0 Å². The summed E-state index contributed by atoms with van der Waals surface area (Å²) in [5.74, 6) is 2.19. The third-order valence-corrected chi connectivity index (χ3v) is 8.56. The highest BCUT2D eigenvalue weighted by atomic mass is 16.5. The molecule has 0 unspecified atom stereocenters. The van der Waals surface area contributed by atoms with Gasteiger partial charge in [0.1, 0.15) is 28.3 Å². The fourth-order valence-electron chi connectivity index (χ4n) is 6.32. The van der Waals surface area contributed by atoms with Gasteiger partial charge in [0.25, 0.3) is 11.9 Å². The lowest BCUT2D eigenvalue weighted by molar-refractivity contribution is 0.309. The molecule has 2 aliphatic heterocycles. The number of fused-ring (bicyclic) bond motifs is 18. The van der Waals surface area contributed by atoms with Gasteiger partial charge in [0.2, 0.25) is 0 Å². The number of H-pyrrole nitrogens is 2. The van der Waals surface area contributed by atoms with Crippen molar-refractivity contribution < 1.29 is 4.74 Å². The first-order chi connectivity index (χ1) is 23.2. The van der Waals surface area contributed by atoms with Gasteiger partial charge in [-0.3, -0.25) is 0 Å². The molecule has 11 nitrogen and oxygen atoms in total. The second-order valence-corrected chi connectivity index (χ2v) is 11.6. The summed E-state index contributed by atoms with van der Waals surface area (Å²) >= 11 is 0. The summed E-state index contributed by atoms with van der Waals surface area (Å²) in [6.07, 6.45) is 4.41. The van der Waals surface area contributed by atoms with Gasteiger partial charge in [-0.25, -0.2) is 15.0 Å². The highest BCUT2D eigenvalue weighted by molar-refractivity contribution is 6.07. The number of aromatic nitrogens is 8. The Kier molecular flexibility index (Phi) is 6.41. The van der Waals surface area contributed by atoms with Crippen LogP contribution in [0.1, 0.15) is 32.6 Å². The third kappa shape index (κ3) is 4.66.